The number of aromatic nitrogens is 1. The van der Waals surface area contributed by atoms with Crippen LogP contribution in [0.2, 0.25) is 0 Å². The van der Waals surface area contributed by atoms with Crippen LogP contribution in [0.3, 0.4) is 0 Å². The van der Waals surface area contributed by atoms with E-state index in [9.17, 15) is 4.79 Å². The quantitative estimate of drug-likeness (QED) is 0.789. The van der Waals surface area contributed by atoms with Gasteiger partial charge >= 0.3 is 0 Å². The van der Waals surface area contributed by atoms with Crippen LogP contribution in [0.25, 0.3) is 0 Å². The highest BCUT2D eigenvalue weighted by Crippen LogP contribution is 2.33. The fraction of sp³-hybridized carbons (Fsp3) is 0.214. The van der Waals surface area contributed by atoms with Crippen LogP contribution in [0.1, 0.15) is 28.5 Å². The highest BCUT2D eigenvalue weighted by Gasteiger charge is 2.29. The molecule has 0 amide bonds. The molecule has 3 rings (SSSR count). The molecule has 86 valence electrons. The number of hydrogen-bond donors (Lipinski definition) is 0. The molecule has 1 aliphatic rings. The number of ketones is 1. The molecular weight excluding hydrogens is 214 g/mol. The van der Waals surface area contributed by atoms with E-state index in [2.05, 4.69) is 0 Å². The second-order valence-corrected chi connectivity index (χ2v) is 4.22. The van der Waals surface area contributed by atoms with Gasteiger partial charge in [0.1, 0.15) is 5.75 Å². The molecule has 0 saturated carbocycles. The van der Waals surface area contributed by atoms with Crippen molar-refractivity contribution < 1.29 is 9.53 Å². The van der Waals surface area contributed by atoms with Gasteiger partial charge in [-0.25, -0.2) is 0 Å². The summed E-state index contributed by atoms with van der Waals surface area (Å²) >= 11 is 0. The molecule has 1 aromatic heterocycles. The molecule has 0 fully saturated rings. The van der Waals surface area contributed by atoms with Crippen LogP contribution in [0.4, 0.5) is 0 Å². The Kier molecular flexibility index (Phi) is 2.25. The van der Waals surface area contributed by atoms with Gasteiger partial charge in [-0.05, 0) is 29.8 Å². The number of hydrogen-bond acceptors (Lipinski definition) is 2. The van der Waals surface area contributed by atoms with Crippen molar-refractivity contribution in [2.45, 2.75) is 12.5 Å². The molecule has 17 heavy (non-hydrogen) atoms. The molecule has 2 heterocycles. The maximum Gasteiger partial charge on any atom is 0.181 e. The standard InChI is InChI=1S/C14H13NO2/c1-17-11-5-2-4-10(8-11)13-9-14(16)12-6-3-7-15(12)13/h2-8,13H,9H2,1H3/t13-/m1/s1. The summed E-state index contributed by atoms with van der Waals surface area (Å²) in [5.41, 5.74) is 1.92. The molecule has 0 unspecified atom stereocenters. The van der Waals surface area contributed by atoms with Crippen molar-refractivity contribution in [1.82, 2.24) is 4.57 Å². The number of nitrogens with zero attached hydrogens (tertiary/aromatic N) is 1. The van der Waals surface area contributed by atoms with Gasteiger partial charge in [0.05, 0.1) is 18.8 Å². The predicted molar refractivity (Wildman–Crippen MR) is 64.5 cm³/mol. The predicted octanol–water partition coefficient (Wildman–Crippen LogP) is 2.67. The van der Waals surface area contributed by atoms with Gasteiger partial charge in [-0.15, -0.1) is 0 Å². The average Bonchev–Trinajstić information content (AvgIpc) is 2.94. The molecule has 0 saturated heterocycles. The molecule has 2 aromatic rings. The second kappa shape index (κ2) is 3.77. The van der Waals surface area contributed by atoms with Gasteiger partial charge in [-0.1, -0.05) is 12.1 Å². The van der Waals surface area contributed by atoms with Gasteiger partial charge in [0, 0.05) is 12.6 Å². The minimum absolute atomic E-state index is 0.114. The summed E-state index contributed by atoms with van der Waals surface area (Å²) in [6.07, 6.45) is 2.51. The van der Waals surface area contributed by atoms with Crippen LogP contribution in [-0.2, 0) is 0 Å². The number of carbonyl (C=O) groups excluding carboxylic acids is 1. The molecule has 1 atom stereocenters. The minimum atomic E-state index is 0.114. The van der Waals surface area contributed by atoms with Gasteiger partial charge in [0.15, 0.2) is 5.78 Å². The van der Waals surface area contributed by atoms with E-state index in [0.29, 0.717) is 6.42 Å². The van der Waals surface area contributed by atoms with Crippen LogP contribution >= 0.6 is 0 Å². The summed E-state index contributed by atoms with van der Waals surface area (Å²) in [7, 11) is 1.65. The maximum absolute atomic E-state index is 11.8. The number of carbonyl (C=O) groups is 1. The van der Waals surface area contributed by atoms with Gasteiger partial charge in [-0.3, -0.25) is 4.79 Å². The number of methoxy groups -OCH3 is 1. The van der Waals surface area contributed by atoms with Crippen LogP contribution in [-0.4, -0.2) is 17.5 Å². The van der Waals surface area contributed by atoms with E-state index < -0.39 is 0 Å². The first-order chi connectivity index (χ1) is 8.29. The topological polar surface area (TPSA) is 31.2 Å². The van der Waals surface area contributed by atoms with Crippen molar-refractivity contribution >= 4 is 5.78 Å². The number of fused-ring (bicyclic) bond motifs is 1. The zero-order valence-electron chi connectivity index (χ0n) is 9.59. The normalized spacial score (nSPS) is 18.2. The molecule has 0 N–H and O–H groups in total. The minimum Gasteiger partial charge on any atom is -0.497 e. The van der Waals surface area contributed by atoms with E-state index in [0.717, 1.165) is 17.0 Å². The Labute approximate surface area is 99.6 Å². The third-order valence-corrected chi connectivity index (χ3v) is 3.26. The molecular formula is C14H13NO2. The average molecular weight is 227 g/mol. The van der Waals surface area contributed by atoms with Crippen LogP contribution in [0.5, 0.6) is 5.75 Å². The Bertz CT molecular complexity index is 571. The van der Waals surface area contributed by atoms with Crippen LogP contribution < -0.4 is 4.74 Å². The van der Waals surface area contributed by atoms with Gasteiger partial charge < -0.3 is 9.30 Å². The van der Waals surface area contributed by atoms with E-state index in [1.807, 2.05) is 47.2 Å². The Morgan fingerprint density at radius 1 is 1.29 bits per heavy atom. The lowest BCUT2D eigenvalue weighted by molar-refractivity contribution is 0.0991. The van der Waals surface area contributed by atoms with Gasteiger partial charge in [0.25, 0.3) is 0 Å². The third-order valence-electron chi connectivity index (χ3n) is 3.26. The zero-order chi connectivity index (χ0) is 11.8. The van der Waals surface area contributed by atoms with Crippen molar-refractivity contribution in [3.63, 3.8) is 0 Å². The molecule has 3 heteroatoms. The molecule has 0 aliphatic carbocycles. The number of ether oxygens (including phenoxy) is 1. The van der Waals surface area contributed by atoms with Crippen LogP contribution in [0, 0.1) is 0 Å². The van der Waals surface area contributed by atoms with Crippen molar-refractivity contribution in [1.29, 1.82) is 0 Å². The van der Waals surface area contributed by atoms with E-state index in [1.165, 1.54) is 0 Å². The first kappa shape index (κ1) is 10.1. The SMILES string of the molecule is COc1cccc([C@H]2CC(=O)c3cccn32)c1. The lowest BCUT2D eigenvalue weighted by Gasteiger charge is -2.13. The monoisotopic (exact) mass is 227 g/mol. The lowest BCUT2D eigenvalue weighted by Crippen LogP contribution is -2.04. The Hall–Kier alpha value is -2.03. The van der Waals surface area contributed by atoms with Crippen molar-refractivity contribution in [3.8, 4) is 5.75 Å². The Balaban J connectivity index is 2.04. The van der Waals surface area contributed by atoms with E-state index >= 15 is 0 Å². The summed E-state index contributed by atoms with van der Waals surface area (Å²) in [4.78, 5) is 11.8. The fourth-order valence-corrected chi connectivity index (χ4v) is 2.41. The smallest absolute Gasteiger partial charge is 0.181 e. The first-order valence-electron chi connectivity index (χ1n) is 5.63. The van der Waals surface area contributed by atoms with E-state index in [-0.39, 0.29) is 11.8 Å². The fourth-order valence-electron chi connectivity index (χ4n) is 2.41. The van der Waals surface area contributed by atoms with Crippen LogP contribution in [0.15, 0.2) is 42.6 Å². The third kappa shape index (κ3) is 1.55. The lowest BCUT2D eigenvalue weighted by atomic mass is 10.0. The summed E-state index contributed by atoms with van der Waals surface area (Å²) in [5, 5.41) is 0. The number of benzene rings is 1. The summed E-state index contributed by atoms with van der Waals surface area (Å²) in [5.74, 6) is 1.04. The maximum atomic E-state index is 11.8. The van der Waals surface area contributed by atoms with Crippen molar-refractivity contribution in [2.24, 2.45) is 0 Å². The molecule has 0 spiro atoms. The highest BCUT2D eigenvalue weighted by atomic mass is 16.5. The molecule has 3 nitrogen and oxygen atoms in total. The summed E-state index contributed by atoms with van der Waals surface area (Å²) in [6.45, 7) is 0. The number of rotatable bonds is 2. The second-order valence-electron chi connectivity index (χ2n) is 4.22. The van der Waals surface area contributed by atoms with Gasteiger partial charge in [0.2, 0.25) is 0 Å². The summed E-state index contributed by atoms with van der Waals surface area (Å²) in [6, 6.07) is 11.8. The zero-order valence-corrected chi connectivity index (χ0v) is 9.59. The van der Waals surface area contributed by atoms with E-state index in [4.69, 9.17) is 4.74 Å². The first-order valence-corrected chi connectivity index (χ1v) is 5.63. The van der Waals surface area contributed by atoms with E-state index in [1.54, 1.807) is 7.11 Å². The Morgan fingerprint density at radius 3 is 3.00 bits per heavy atom. The molecule has 0 radical (unpaired) electrons. The molecule has 1 aliphatic heterocycles. The summed E-state index contributed by atoms with van der Waals surface area (Å²) < 4.78 is 7.26. The molecule has 0 bridgehead atoms. The highest BCUT2D eigenvalue weighted by molar-refractivity contribution is 5.97. The number of Topliss-reactive ketones (excluding diaryl/α,β-unsaturated/α-hetero) is 1. The van der Waals surface area contributed by atoms with Crippen molar-refractivity contribution in [2.75, 3.05) is 7.11 Å². The largest absolute Gasteiger partial charge is 0.497 e. The molecule has 1 aromatic carbocycles. The van der Waals surface area contributed by atoms with Crippen molar-refractivity contribution in [3.05, 3.63) is 53.9 Å². The van der Waals surface area contributed by atoms with Gasteiger partial charge in [-0.2, -0.15) is 0 Å². The Morgan fingerprint density at radius 2 is 2.18 bits per heavy atom.